The lowest BCUT2D eigenvalue weighted by atomic mass is 10.2. The van der Waals surface area contributed by atoms with Crippen LogP contribution in [0.15, 0.2) is 22.8 Å². The molecule has 1 aromatic carbocycles. The summed E-state index contributed by atoms with van der Waals surface area (Å²) in [6, 6.07) is 3.49. The Balaban J connectivity index is 2.47. The van der Waals surface area contributed by atoms with Crippen LogP contribution in [-0.2, 0) is 0 Å². The van der Waals surface area contributed by atoms with Crippen LogP contribution >= 0.6 is 27.5 Å². The number of rotatable bonds is 4. The maximum atomic E-state index is 11.0. The van der Waals surface area contributed by atoms with Crippen molar-refractivity contribution >= 4 is 50.7 Å². The second-order valence-corrected chi connectivity index (χ2v) is 5.40. The molecule has 0 saturated carbocycles. The molecule has 1 heterocycles. The quantitative estimate of drug-likeness (QED) is 0.624. The van der Waals surface area contributed by atoms with Crippen LogP contribution in [0.1, 0.15) is 5.56 Å². The standard InChI is InChI=1S/C12H11BrClN5O2/c1-6-3-7(13)9(4-8(6)14)17-11-10(19(20)21)5-16-12(15-2)18-11/h3-5H,1-2H3,(H2,15,16,17,18). The number of hydrogen-bond donors (Lipinski definition) is 2. The van der Waals surface area contributed by atoms with Crippen LogP contribution in [0.5, 0.6) is 0 Å². The molecule has 2 rings (SSSR count). The van der Waals surface area contributed by atoms with E-state index >= 15 is 0 Å². The number of nitro groups is 1. The molecule has 2 aromatic rings. The van der Waals surface area contributed by atoms with Gasteiger partial charge in [0.05, 0.1) is 10.6 Å². The first-order valence-electron chi connectivity index (χ1n) is 5.84. The molecule has 0 spiro atoms. The van der Waals surface area contributed by atoms with Crippen LogP contribution in [0.25, 0.3) is 0 Å². The van der Waals surface area contributed by atoms with Gasteiger partial charge in [0.1, 0.15) is 6.20 Å². The van der Waals surface area contributed by atoms with Crippen molar-refractivity contribution in [2.75, 3.05) is 17.7 Å². The monoisotopic (exact) mass is 371 g/mol. The Morgan fingerprint density at radius 1 is 1.43 bits per heavy atom. The molecule has 1 aromatic heterocycles. The molecule has 0 atom stereocenters. The van der Waals surface area contributed by atoms with E-state index in [1.165, 1.54) is 0 Å². The van der Waals surface area contributed by atoms with Gasteiger partial charge in [-0.2, -0.15) is 4.98 Å². The van der Waals surface area contributed by atoms with Crippen LogP contribution in [0.2, 0.25) is 5.02 Å². The third kappa shape index (κ3) is 3.40. The summed E-state index contributed by atoms with van der Waals surface area (Å²) in [5, 5.41) is 17.2. The van der Waals surface area contributed by atoms with Gasteiger partial charge in [0.2, 0.25) is 11.8 Å². The minimum absolute atomic E-state index is 0.0833. The lowest BCUT2D eigenvalue weighted by Crippen LogP contribution is -2.04. The molecule has 7 nitrogen and oxygen atoms in total. The molecule has 21 heavy (non-hydrogen) atoms. The molecule has 0 unspecified atom stereocenters. The third-order valence-electron chi connectivity index (χ3n) is 2.69. The first-order chi connectivity index (χ1) is 9.92. The summed E-state index contributed by atoms with van der Waals surface area (Å²) in [6.07, 6.45) is 1.14. The van der Waals surface area contributed by atoms with Gasteiger partial charge in [0, 0.05) is 16.5 Å². The SMILES string of the molecule is CNc1ncc([N+](=O)[O-])c(Nc2cc(Cl)c(C)cc2Br)n1. The van der Waals surface area contributed by atoms with Crippen molar-refractivity contribution in [1.82, 2.24) is 9.97 Å². The van der Waals surface area contributed by atoms with Crippen molar-refractivity contribution in [2.45, 2.75) is 6.92 Å². The van der Waals surface area contributed by atoms with E-state index in [0.29, 0.717) is 10.7 Å². The van der Waals surface area contributed by atoms with E-state index < -0.39 is 4.92 Å². The molecule has 0 bridgehead atoms. The number of aryl methyl sites for hydroxylation is 1. The summed E-state index contributed by atoms with van der Waals surface area (Å²) in [7, 11) is 1.63. The molecule has 0 saturated heterocycles. The van der Waals surface area contributed by atoms with Crippen molar-refractivity contribution in [3.63, 3.8) is 0 Å². The lowest BCUT2D eigenvalue weighted by Gasteiger charge is -2.10. The Hall–Kier alpha value is -1.93. The number of nitrogens with one attached hydrogen (secondary N) is 2. The van der Waals surface area contributed by atoms with Crippen LogP contribution in [0.4, 0.5) is 23.1 Å². The van der Waals surface area contributed by atoms with Gasteiger partial charge in [-0.3, -0.25) is 10.1 Å². The van der Waals surface area contributed by atoms with Gasteiger partial charge in [-0.25, -0.2) is 4.98 Å². The zero-order chi connectivity index (χ0) is 15.6. The van der Waals surface area contributed by atoms with Crippen LogP contribution in [0, 0.1) is 17.0 Å². The number of benzene rings is 1. The molecule has 0 fully saturated rings. The maximum absolute atomic E-state index is 11.0. The Labute approximate surface area is 134 Å². The molecule has 0 aliphatic carbocycles. The highest BCUT2D eigenvalue weighted by molar-refractivity contribution is 9.10. The number of halogens is 2. The predicted octanol–water partition coefficient (Wildman–Crippen LogP) is 3.89. The topological polar surface area (TPSA) is 93.0 Å². The number of anilines is 3. The van der Waals surface area contributed by atoms with Crippen LogP contribution in [-0.4, -0.2) is 21.9 Å². The third-order valence-corrected chi connectivity index (χ3v) is 3.75. The van der Waals surface area contributed by atoms with Crippen LogP contribution in [0.3, 0.4) is 0 Å². The average molecular weight is 373 g/mol. The van der Waals surface area contributed by atoms with Crippen LogP contribution < -0.4 is 10.6 Å². The summed E-state index contributed by atoms with van der Waals surface area (Å²) in [4.78, 5) is 18.4. The lowest BCUT2D eigenvalue weighted by molar-refractivity contribution is -0.384. The minimum Gasteiger partial charge on any atom is -0.357 e. The number of hydrogen-bond acceptors (Lipinski definition) is 6. The molecule has 2 N–H and O–H groups in total. The van der Waals surface area contributed by atoms with E-state index in [4.69, 9.17) is 11.6 Å². The van der Waals surface area contributed by atoms with Crippen molar-refractivity contribution in [3.8, 4) is 0 Å². The highest BCUT2D eigenvalue weighted by Crippen LogP contribution is 2.33. The minimum atomic E-state index is -0.550. The fraction of sp³-hybridized carbons (Fsp3) is 0.167. The second kappa shape index (κ2) is 6.23. The Morgan fingerprint density at radius 2 is 2.14 bits per heavy atom. The smallest absolute Gasteiger partial charge is 0.329 e. The summed E-state index contributed by atoms with van der Waals surface area (Å²) < 4.78 is 0.725. The second-order valence-electron chi connectivity index (χ2n) is 4.14. The first kappa shape index (κ1) is 15.5. The van der Waals surface area contributed by atoms with E-state index in [1.54, 1.807) is 13.1 Å². The molecule has 0 aliphatic rings. The van der Waals surface area contributed by atoms with Crippen molar-refractivity contribution < 1.29 is 4.92 Å². The predicted molar refractivity (Wildman–Crippen MR) is 85.4 cm³/mol. The Bertz CT molecular complexity index is 710. The summed E-state index contributed by atoms with van der Waals surface area (Å²) in [5.74, 6) is 0.359. The van der Waals surface area contributed by atoms with Crippen molar-refractivity contribution in [2.24, 2.45) is 0 Å². The van der Waals surface area contributed by atoms with Crippen molar-refractivity contribution in [1.29, 1.82) is 0 Å². The molecule has 0 aliphatic heterocycles. The molecule has 110 valence electrons. The van der Waals surface area contributed by atoms with Gasteiger partial charge in [-0.1, -0.05) is 11.6 Å². The molecular weight excluding hydrogens is 362 g/mol. The summed E-state index contributed by atoms with van der Waals surface area (Å²) >= 11 is 9.46. The highest BCUT2D eigenvalue weighted by atomic mass is 79.9. The molecule has 0 radical (unpaired) electrons. The van der Waals surface area contributed by atoms with Gasteiger partial charge in [-0.05, 0) is 40.5 Å². The molecule has 9 heteroatoms. The van der Waals surface area contributed by atoms with E-state index in [9.17, 15) is 10.1 Å². The maximum Gasteiger partial charge on any atom is 0.329 e. The van der Waals surface area contributed by atoms with Gasteiger partial charge >= 0.3 is 5.69 Å². The van der Waals surface area contributed by atoms with Gasteiger partial charge in [0.15, 0.2) is 0 Å². The Kier molecular flexibility index (Phi) is 4.59. The fourth-order valence-corrected chi connectivity index (χ4v) is 2.31. The van der Waals surface area contributed by atoms with Crippen molar-refractivity contribution in [3.05, 3.63) is 43.5 Å². The molecule has 0 amide bonds. The number of nitrogens with zero attached hydrogens (tertiary/aromatic N) is 3. The normalized spacial score (nSPS) is 10.3. The van der Waals surface area contributed by atoms with Gasteiger partial charge < -0.3 is 10.6 Å². The zero-order valence-electron chi connectivity index (χ0n) is 11.1. The highest BCUT2D eigenvalue weighted by Gasteiger charge is 2.18. The van der Waals surface area contributed by atoms with E-state index in [0.717, 1.165) is 16.2 Å². The van der Waals surface area contributed by atoms with E-state index in [-0.39, 0.29) is 17.5 Å². The fourth-order valence-electron chi connectivity index (χ4n) is 1.59. The first-order valence-corrected chi connectivity index (χ1v) is 7.01. The zero-order valence-corrected chi connectivity index (χ0v) is 13.5. The largest absolute Gasteiger partial charge is 0.357 e. The summed E-state index contributed by atoms with van der Waals surface area (Å²) in [6.45, 7) is 1.86. The average Bonchev–Trinajstić information content (AvgIpc) is 2.44. The van der Waals surface area contributed by atoms with Gasteiger partial charge in [0.25, 0.3) is 0 Å². The van der Waals surface area contributed by atoms with E-state index in [1.807, 2.05) is 13.0 Å². The number of aromatic nitrogens is 2. The van der Waals surface area contributed by atoms with E-state index in [2.05, 4.69) is 36.5 Å². The molecular formula is C12H11BrClN5O2. The Morgan fingerprint density at radius 3 is 2.76 bits per heavy atom. The summed E-state index contributed by atoms with van der Waals surface area (Å²) in [5.41, 5.74) is 1.24. The van der Waals surface area contributed by atoms with Gasteiger partial charge in [-0.15, -0.1) is 0 Å².